The van der Waals surface area contributed by atoms with Gasteiger partial charge in [0.1, 0.15) is 4.47 Å². The molecule has 0 aromatic heterocycles. The second-order valence-electron chi connectivity index (χ2n) is 4.66. The minimum Gasteiger partial charge on any atom is -0.369 e. The van der Waals surface area contributed by atoms with Crippen molar-refractivity contribution < 1.29 is 9.31 Å². The summed E-state index contributed by atoms with van der Waals surface area (Å²) in [6, 6.07) is 2.84. The summed E-state index contributed by atoms with van der Waals surface area (Å²) in [6.45, 7) is 3.77. The van der Waals surface area contributed by atoms with Crippen LogP contribution in [0.4, 0.5) is 15.8 Å². The largest absolute Gasteiger partial charge is 0.369 e. The predicted molar refractivity (Wildman–Crippen MR) is 71.4 cm³/mol. The van der Waals surface area contributed by atoms with Crippen LogP contribution in [0.5, 0.6) is 0 Å². The maximum absolute atomic E-state index is 14.1. The number of hydrogen-bond donors (Lipinski definition) is 0. The van der Waals surface area contributed by atoms with Crippen molar-refractivity contribution >= 4 is 27.3 Å². The van der Waals surface area contributed by atoms with Crippen LogP contribution in [0.25, 0.3) is 0 Å². The lowest BCUT2D eigenvalue weighted by atomic mass is 9.99. The third kappa shape index (κ3) is 2.48. The number of nitro benzene ring substituents is 1. The van der Waals surface area contributed by atoms with E-state index in [2.05, 4.69) is 22.9 Å². The number of nitrogens with zero attached hydrogens (tertiary/aromatic N) is 2. The highest BCUT2D eigenvalue weighted by atomic mass is 79.9. The Morgan fingerprint density at radius 3 is 2.61 bits per heavy atom. The van der Waals surface area contributed by atoms with E-state index in [4.69, 9.17) is 0 Å². The van der Waals surface area contributed by atoms with E-state index in [-0.39, 0.29) is 10.2 Å². The summed E-state index contributed by atoms with van der Waals surface area (Å²) in [6.07, 6.45) is 2.04. The van der Waals surface area contributed by atoms with Gasteiger partial charge >= 0.3 is 0 Å². The third-order valence-corrected chi connectivity index (χ3v) is 4.12. The second-order valence-corrected chi connectivity index (χ2v) is 5.45. The molecule has 1 saturated heterocycles. The summed E-state index contributed by atoms with van der Waals surface area (Å²) in [4.78, 5) is 12.1. The van der Waals surface area contributed by atoms with E-state index in [1.54, 1.807) is 0 Å². The molecule has 1 aromatic carbocycles. The Balaban J connectivity index is 2.30. The molecule has 0 radical (unpaired) electrons. The van der Waals surface area contributed by atoms with E-state index in [0.29, 0.717) is 11.6 Å². The average Bonchev–Trinajstić information content (AvgIpc) is 2.33. The van der Waals surface area contributed by atoms with Crippen LogP contribution >= 0.6 is 15.9 Å². The number of rotatable bonds is 2. The summed E-state index contributed by atoms with van der Waals surface area (Å²) < 4.78 is 14.0. The van der Waals surface area contributed by atoms with Gasteiger partial charge in [-0.15, -0.1) is 0 Å². The first-order valence-electron chi connectivity index (χ1n) is 5.88. The molecular weight excluding hydrogens is 303 g/mol. The standard InChI is InChI=1S/C12H14BrFN2O2/c1-8-4-6-15(7-5-8)10-3-2-9(16(17)18)11(13)12(10)14/h2-3,8H,4-7H2,1H3. The zero-order chi connectivity index (χ0) is 13.3. The van der Waals surface area contributed by atoms with Gasteiger partial charge in [-0.3, -0.25) is 10.1 Å². The van der Waals surface area contributed by atoms with E-state index in [0.717, 1.165) is 25.9 Å². The SMILES string of the molecule is CC1CCN(c2ccc([N+](=O)[O-])c(Br)c2F)CC1. The normalized spacial score (nSPS) is 16.9. The van der Waals surface area contributed by atoms with Gasteiger partial charge < -0.3 is 4.90 Å². The Morgan fingerprint density at radius 2 is 2.06 bits per heavy atom. The Bertz CT molecular complexity index is 473. The van der Waals surface area contributed by atoms with Gasteiger partial charge in [-0.1, -0.05) is 6.92 Å². The van der Waals surface area contributed by atoms with Gasteiger partial charge in [-0.25, -0.2) is 4.39 Å². The quantitative estimate of drug-likeness (QED) is 0.617. The minimum atomic E-state index is -0.588. The number of anilines is 1. The smallest absolute Gasteiger partial charge is 0.286 e. The van der Waals surface area contributed by atoms with Crippen LogP contribution in [0.3, 0.4) is 0 Å². The third-order valence-electron chi connectivity index (χ3n) is 3.36. The van der Waals surface area contributed by atoms with Crippen LogP contribution in [0.1, 0.15) is 19.8 Å². The molecule has 1 aliphatic rings. The topological polar surface area (TPSA) is 46.4 Å². The van der Waals surface area contributed by atoms with Crippen molar-refractivity contribution in [2.75, 3.05) is 18.0 Å². The number of benzene rings is 1. The lowest BCUT2D eigenvalue weighted by Gasteiger charge is -2.32. The van der Waals surface area contributed by atoms with Gasteiger partial charge in [0.2, 0.25) is 0 Å². The fourth-order valence-corrected chi connectivity index (χ4v) is 2.64. The zero-order valence-electron chi connectivity index (χ0n) is 10.0. The van der Waals surface area contributed by atoms with Crippen molar-refractivity contribution in [3.05, 3.63) is 32.5 Å². The summed E-state index contributed by atoms with van der Waals surface area (Å²) in [5, 5.41) is 10.7. The number of halogens is 2. The van der Waals surface area contributed by atoms with Gasteiger partial charge in [0, 0.05) is 19.2 Å². The highest BCUT2D eigenvalue weighted by Gasteiger charge is 2.24. The van der Waals surface area contributed by atoms with Crippen molar-refractivity contribution in [1.29, 1.82) is 0 Å². The maximum Gasteiger partial charge on any atom is 0.286 e. The van der Waals surface area contributed by atoms with Crippen LogP contribution in [-0.4, -0.2) is 18.0 Å². The van der Waals surface area contributed by atoms with Gasteiger partial charge in [0.15, 0.2) is 5.82 Å². The molecule has 1 aliphatic heterocycles. The van der Waals surface area contributed by atoms with E-state index < -0.39 is 10.7 Å². The molecule has 18 heavy (non-hydrogen) atoms. The molecule has 0 saturated carbocycles. The Morgan fingerprint density at radius 1 is 1.44 bits per heavy atom. The van der Waals surface area contributed by atoms with Crippen LogP contribution < -0.4 is 4.90 Å². The molecule has 0 bridgehead atoms. The molecule has 98 valence electrons. The monoisotopic (exact) mass is 316 g/mol. The fourth-order valence-electron chi connectivity index (χ4n) is 2.16. The molecule has 1 heterocycles. The molecule has 4 nitrogen and oxygen atoms in total. The van der Waals surface area contributed by atoms with Gasteiger partial charge in [0.25, 0.3) is 5.69 Å². The average molecular weight is 317 g/mol. The van der Waals surface area contributed by atoms with Crippen LogP contribution in [0.15, 0.2) is 16.6 Å². The molecule has 0 unspecified atom stereocenters. The number of piperidine rings is 1. The summed E-state index contributed by atoms with van der Waals surface area (Å²) in [5.41, 5.74) is 0.209. The van der Waals surface area contributed by atoms with E-state index >= 15 is 0 Å². The minimum absolute atomic E-state index is 0.0661. The van der Waals surface area contributed by atoms with Crippen molar-refractivity contribution in [3.63, 3.8) is 0 Å². The van der Waals surface area contributed by atoms with Crippen LogP contribution in [0, 0.1) is 21.8 Å². The highest BCUT2D eigenvalue weighted by molar-refractivity contribution is 9.10. The zero-order valence-corrected chi connectivity index (χ0v) is 11.6. The maximum atomic E-state index is 14.1. The summed E-state index contributed by atoms with van der Waals surface area (Å²) >= 11 is 2.97. The first-order valence-corrected chi connectivity index (χ1v) is 6.67. The molecule has 2 rings (SSSR count). The lowest BCUT2D eigenvalue weighted by molar-refractivity contribution is -0.385. The van der Waals surface area contributed by atoms with E-state index in [9.17, 15) is 14.5 Å². The van der Waals surface area contributed by atoms with Crippen LogP contribution in [-0.2, 0) is 0 Å². The van der Waals surface area contributed by atoms with Gasteiger partial charge in [-0.05, 0) is 40.8 Å². The molecule has 0 N–H and O–H groups in total. The summed E-state index contributed by atoms with van der Waals surface area (Å²) in [5.74, 6) is 0.115. The molecular formula is C12H14BrFN2O2. The molecule has 1 fully saturated rings. The van der Waals surface area contributed by atoms with E-state index in [1.807, 2.05) is 4.90 Å². The molecule has 0 spiro atoms. The van der Waals surface area contributed by atoms with Crippen molar-refractivity contribution in [2.45, 2.75) is 19.8 Å². The van der Waals surface area contributed by atoms with E-state index in [1.165, 1.54) is 12.1 Å². The highest BCUT2D eigenvalue weighted by Crippen LogP contribution is 2.35. The van der Waals surface area contributed by atoms with Gasteiger partial charge in [0.05, 0.1) is 10.6 Å². The molecule has 0 atom stereocenters. The van der Waals surface area contributed by atoms with Crippen LogP contribution in [0.2, 0.25) is 0 Å². The first kappa shape index (κ1) is 13.3. The molecule has 1 aromatic rings. The predicted octanol–water partition coefficient (Wildman–Crippen LogP) is 3.73. The Kier molecular flexibility index (Phi) is 3.85. The van der Waals surface area contributed by atoms with Crippen molar-refractivity contribution in [3.8, 4) is 0 Å². The van der Waals surface area contributed by atoms with Crippen molar-refractivity contribution in [1.82, 2.24) is 0 Å². The second kappa shape index (κ2) is 5.22. The Hall–Kier alpha value is -1.17. The molecule has 6 heteroatoms. The summed E-state index contributed by atoms with van der Waals surface area (Å²) in [7, 11) is 0. The van der Waals surface area contributed by atoms with Crippen molar-refractivity contribution in [2.24, 2.45) is 5.92 Å². The van der Waals surface area contributed by atoms with Gasteiger partial charge in [-0.2, -0.15) is 0 Å². The molecule has 0 amide bonds. The fraction of sp³-hybridized carbons (Fsp3) is 0.500. The number of hydrogen-bond acceptors (Lipinski definition) is 3. The number of nitro groups is 1. The molecule has 0 aliphatic carbocycles. The Labute approximate surface area is 113 Å². The first-order chi connectivity index (χ1) is 8.50. The lowest BCUT2D eigenvalue weighted by Crippen LogP contribution is -2.33.